The van der Waals surface area contributed by atoms with Gasteiger partial charge in [-0.15, -0.1) is 0 Å². The zero-order valence-electron chi connectivity index (χ0n) is 12.5. The second kappa shape index (κ2) is 6.88. The van der Waals surface area contributed by atoms with Gasteiger partial charge in [0, 0.05) is 33.3 Å². The van der Waals surface area contributed by atoms with E-state index in [1.165, 1.54) is 0 Å². The van der Waals surface area contributed by atoms with Crippen LogP contribution in [0.25, 0.3) is 0 Å². The van der Waals surface area contributed by atoms with Crippen LogP contribution < -0.4 is 0 Å². The lowest BCUT2D eigenvalue weighted by molar-refractivity contribution is -0.153. The van der Waals surface area contributed by atoms with E-state index < -0.39 is 5.60 Å². The Labute approximate surface area is 116 Å². The molecule has 5 heteroatoms. The molecule has 1 aliphatic rings. The van der Waals surface area contributed by atoms with Gasteiger partial charge in [-0.25, -0.2) is 0 Å². The molecule has 1 unspecified atom stereocenters. The molecule has 0 bridgehead atoms. The summed E-state index contributed by atoms with van der Waals surface area (Å²) in [5.74, 6) is 0.0265. The third-order valence-electron chi connectivity index (χ3n) is 3.78. The van der Waals surface area contributed by atoms with E-state index in [4.69, 9.17) is 10.00 Å². The van der Waals surface area contributed by atoms with Gasteiger partial charge < -0.3 is 9.64 Å². The van der Waals surface area contributed by atoms with E-state index in [1.807, 2.05) is 4.90 Å². The van der Waals surface area contributed by atoms with Crippen LogP contribution in [0.1, 0.15) is 33.6 Å². The number of hydrogen-bond donors (Lipinski definition) is 0. The molecule has 0 aromatic rings. The minimum Gasteiger partial charge on any atom is -0.369 e. The van der Waals surface area contributed by atoms with E-state index in [0.717, 1.165) is 25.9 Å². The van der Waals surface area contributed by atoms with Gasteiger partial charge in [-0.3, -0.25) is 9.69 Å². The van der Waals surface area contributed by atoms with Crippen molar-refractivity contribution >= 4 is 5.91 Å². The van der Waals surface area contributed by atoms with Crippen molar-refractivity contribution in [2.24, 2.45) is 0 Å². The van der Waals surface area contributed by atoms with Gasteiger partial charge in [-0.2, -0.15) is 5.26 Å². The quantitative estimate of drug-likeness (QED) is 0.752. The molecule has 1 fully saturated rings. The summed E-state index contributed by atoms with van der Waals surface area (Å²) in [7, 11) is 1.56. The number of piperazine rings is 1. The first-order valence-corrected chi connectivity index (χ1v) is 6.94. The summed E-state index contributed by atoms with van der Waals surface area (Å²) >= 11 is 0. The van der Waals surface area contributed by atoms with Gasteiger partial charge in [-0.05, 0) is 20.3 Å². The Morgan fingerprint density at radius 3 is 2.37 bits per heavy atom. The molecule has 0 aliphatic carbocycles. The minimum absolute atomic E-state index is 0.0160. The summed E-state index contributed by atoms with van der Waals surface area (Å²) in [6, 6.07) is 2.34. The smallest absolute Gasteiger partial charge is 0.254 e. The molecule has 0 N–H and O–H groups in total. The predicted octanol–water partition coefficient (Wildman–Crippen LogP) is 1.25. The maximum Gasteiger partial charge on any atom is 0.254 e. The van der Waals surface area contributed by atoms with E-state index in [0.29, 0.717) is 13.1 Å². The van der Waals surface area contributed by atoms with Gasteiger partial charge in [0.05, 0.1) is 12.1 Å². The molecule has 5 nitrogen and oxygen atoms in total. The lowest BCUT2D eigenvalue weighted by Crippen LogP contribution is -2.56. The molecule has 1 saturated heterocycles. The Morgan fingerprint density at radius 1 is 1.37 bits per heavy atom. The summed E-state index contributed by atoms with van der Waals surface area (Å²) in [6.07, 6.45) is 1.90. The van der Waals surface area contributed by atoms with Crippen molar-refractivity contribution in [3.05, 3.63) is 0 Å². The highest BCUT2D eigenvalue weighted by Gasteiger charge is 2.34. The maximum absolute atomic E-state index is 12.2. The van der Waals surface area contributed by atoms with Crippen molar-refractivity contribution in [2.45, 2.75) is 45.3 Å². The van der Waals surface area contributed by atoms with Crippen LogP contribution in [0, 0.1) is 11.3 Å². The van der Waals surface area contributed by atoms with Gasteiger partial charge in [0.25, 0.3) is 5.91 Å². The molecular weight excluding hydrogens is 242 g/mol. The standard InChI is InChI=1S/C14H25N3O2/c1-5-6-12(11-15)16-7-9-17(10-8-16)13(18)14(2,3)19-4/h12H,5-10H2,1-4H3. The molecule has 19 heavy (non-hydrogen) atoms. The van der Waals surface area contributed by atoms with Crippen LogP contribution >= 0.6 is 0 Å². The first-order chi connectivity index (χ1) is 8.96. The van der Waals surface area contributed by atoms with Crippen molar-refractivity contribution in [2.75, 3.05) is 33.3 Å². The van der Waals surface area contributed by atoms with Crippen LogP contribution in [0.4, 0.5) is 0 Å². The van der Waals surface area contributed by atoms with Gasteiger partial charge in [-0.1, -0.05) is 13.3 Å². The van der Waals surface area contributed by atoms with E-state index in [9.17, 15) is 4.79 Å². The predicted molar refractivity (Wildman–Crippen MR) is 73.6 cm³/mol. The highest BCUT2D eigenvalue weighted by molar-refractivity contribution is 5.84. The van der Waals surface area contributed by atoms with Crippen LogP contribution in [-0.4, -0.2) is 60.6 Å². The lowest BCUT2D eigenvalue weighted by Gasteiger charge is -2.39. The third kappa shape index (κ3) is 3.92. The number of nitrogens with zero attached hydrogens (tertiary/aromatic N) is 3. The van der Waals surface area contributed by atoms with E-state index >= 15 is 0 Å². The molecule has 1 amide bonds. The number of amides is 1. The molecule has 0 aromatic heterocycles. The largest absolute Gasteiger partial charge is 0.369 e. The highest BCUT2D eigenvalue weighted by atomic mass is 16.5. The summed E-state index contributed by atoms with van der Waals surface area (Å²) in [5, 5.41) is 9.16. The fraction of sp³-hybridized carbons (Fsp3) is 0.857. The molecular formula is C14H25N3O2. The van der Waals surface area contributed by atoms with Gasteiger partial charge in [0.1, 0.15) is 5.60 Å². The second-order valence-corrected chi connectivity index (χ2v) is 5.48. The zero-order chi connectivity index (χ0) is 14.5. The summed E-state index contributed by atoms with van der Waals surface area (Å²) in [6.45, 7) is 8.55. The summed E-state index contributed by atoms with van der Waals surface area (Å²) in [4.78, 5) is 16.2. The molecule has 108 valence electrons. The van der Waals surface area contributed by atoms with Gasteiger partial charge >= 0.3 is 0 Å². The second-order valence-electron chi connectivity index (χ2n) is 5.48. The van der Waals surface area contributed by atoms with Crippen molar-refractivity contribution in [3.8, 4) is 6.07 Å². The number of carbonyl (C=O) groups is 1. The van der Waals surface area contributed by atoms with Crippen molar-refractivity contribution in [3.63, 3.8) is 0 Å². The average molecular weight is 267 g/mol. The fourth-order valence-electron chi connectivity index (χ4n) is 2.31. The normalized spacial score (nSPS) is 19.0. The Bertz CT molecular complexity index is 341. The average Bonchev–Trinajstić information content (AvgIpc) is 2.44. The molecule has 1 heterocycles. The summed E-state index contributed by atoms with van der Waals surface area (Å²) < 4.78 is 5.23. The van der Waals surface area contributed by atoms with Crippen molar-refractivity contribution < 1.29 is 9.53 Å². The molecule has 1 atom stereocenters. The third-order valence-corrected chi connectivity index (χ3v) is 3.78. The van der Waals surface area contributed by atoms with E-state index in [-0.39, 0.29) is 11.9 Å². The van der Waals surface area contributed by atoms with Crippen molar-refractivity contribution in [1.29, 1.82) is 5.26 Å². The number of rotatable bonds is 5. The Morgan fingerprint density at radius 2 is 1.95 bits per heavy atom. The summed E-state index contributed by atoms with van der Waals surface area (Å²) in [5.41, 5.74) is -0.764. The van der Waals surface area contributed by atoms with Crippen LogP contribution in [0.2, 0.25) is 0 Å². The molecule has 0 spiro atoms. The van der Waals surface area contributed by atoms with Crippen LogP contribution in [0.5, 0.6) is 0 Å². The number of methoxy groups -OCH3 is 1. The van der Waals surface area contributed by atoms with Gasteiger partial charge in [0.2, 0.25) is 0 Å². The minimum atomic E-state index is -0.764. The van der Waals surface area contributed by atoms with E-state index in [2.05, 4.69) is 17.9 Å². The fourth-order valence-corrected chi connectivity index (χ4v) is 2.31. The van der Waals surface area contributed by atoms with Gasteiger partial charge in [0.15, 0.2) is 0 Å². The van der Waals surface area contributed by atoms with Crippen molar-refractivity contribution in [1.82, 2.24) is 9.80 Å². The molecule has 0 radical (unpaired) electrons. The number of hydrogen-bond acceptors (Lipinski definition) is 4. The first-order valence-electron chi connectivity index (χ1n) is 6.94. The molecule has 1 aliphatic heterocycles. The van der Waals surface area contributed by atoms with Crippen LogP contribution in [0.3, 0.4) is 0 Å². The SMILES string of the molecule is CCCC(C#N)N1CCN(C(=O)C(C)(C)OC)CC1. The Hall–Kier alpha value is -1.12. The number of ether oxygens (including phenoxy) is 1. The highest BCUT2D eigenvalue weighted by Crippen LogP contribution is 2.16. The topological polar surface area (TPSA) is 56.6 Å². The Kier molecular flexibility index (Phi) is 5.77. The van der Waals surface area contributed by atoms with E-state index in [1.54, 1.807) is 21.0 Å². The van der Waals surface area contributed by atoms with Crippen LogP contribution in [-0.2, 0) is 9.53 Å². The number of nitriles is 1. The molecule has 1 rings (SSSR count). The monoisotopic (exact) mass is 267 g/mol. The molecule has 0 saturated carbocycles. The molecule has 0 aromatic carbocycles. The maximum atomic E-state index is 12.2. The Balaban J connectivity index is 2.54. The lowest BCUT2D eigenvalue weighted by atomic mass is 10.1. The first kappa shape index (κ1) is 15.9. The zero-order valence-corrected chi connectivity index (χ0v) is 12.5. The number of carbonyl (C=O) groups excluding carboxylic acids is 1. The van der Waals surface area contributed by atoms with Crippen LogP contribution in [0.15, 0.2) is 0 Å².